The van der Waals surface area contributed by atoms with E-state index in [-0.39, 0.29) is 48.9 Å². The molecule has 0 fully saturated rings. The Morgan fingerprint density at radius 1 is 0.471 bits per heavy atom. The van der Waals surface area contributed by atoms with E-state index in [4.69, 9.17) is 9.47 Å². The van der Waals surface area contributed by atoms with Gasteiger partial charge >= 0.3 is 11.9 Å². The van der Waals surface area contributed by atoms with Gasteiger partial charge in [0, 0.05) is 12.5 Å². The third-order valence-electron chi connectivity index (χ3n) is 10.8. The Morgan fingerprint density at radius 2 is 0.784 bits per heavy atom. The zero-order chi connectivity index (χ0) is 38.0. The van der Waals surface area contributed by atoms with Gasteiger partial charge in [-0.05, 0) is 45.7 Å². The lowest BCUT2D eigenvalue weighted by molar-refractivity contribution is -0.152. The second-order valence-electron chi connectivity index (χ2n) is 15.2. The molecule has 0 rings (SSSR count). The minimum atomic E-state index is -0.115. The van der Waals surface area contributed by atoms with E-state index in [2.05, 4.69) is 53.4 Å². The number of hydrogen-bond donors (Lipinski definition) is 0. The van der Waals surface area contributed by atoms with Crippen LogP contribution < -0.4 is 0 Å². The Balaban J connectivity index is 5.37. The van der Waals surface area contributed by atoms with Crippen LogP contribution in [0.25, 0.3) is 0 Å². The van der Waals surface area contributed by atoms with Crippen LogP contribution in [0.3, 0.4) is 0 Å². The lowest BCUT2D eigenvalue weighted by Gasteiger charge is -2.29. The second kappa shape index (κ2) is 35.4. The molecule has 3 atom stereocenters. The van der Waals surface area contributed by atoms with E-state index in [9.17, 15) is 14.4 Å². The Morgan fingerprint density at radius 3 is 1.12 bits per heavy atom. The van der Waals surface area contributed by atoms with Crippen LogP contribution in [0.2, 0.25) is 0 Å². The highest BCUT2D eigenvalue weighted by Crippen LogP contribution is 2.22. The number of ether oxygens (including phenoxy) is 2. The Kier molecular flexibility index (Phi) is 34.3. The summed E-state index contributed by atoms with van der Waals surface area (Å²) < 4.78 is 11.8. The smallest absolute Gasteiger partial charge is 0.308 e. The first kappa shape index (κ1) is 49.4. The quantitative estimate of drug-likeness (QED) is 0.0469. The zero-order valence-electron chi connectivity index (χ0n) is 35.1. The van der Waals surface area contributed by atoms with Crippen molar-refractivity contribution in [3.05, 3.63) is 0 Å². The molecule has 0 saturated carbocycles. The van der Waals surface area contributed by atoms with Gasteiger partial charge in [-0.1, -0.05) is 170 Å². The number of carbonyl (C=O) groups excluding carboxylic acids is 3. The maximum atomic E-state index is 13.6. The molecular weight excluding hydrogens is 636 g/mol. The van der Waals surface area contributed by atoms with Gasteiger partial charge in [-0.2, -0.15) is 0 Å². The minimum absolute atomic E-state index is 0.0212. The highest BCUT2D eigenvalue weighted by atomic mass is 16.5. The summed E-state index contributed by atoms with van der Waals surface area (Å²) in [6.07, 6.45) is 27.6. The van der Waals surface area contributed by atoms with Gasteiger partial charge in [0.05, 0.1) is 24.9 Å². The first-order chi connectivity index (χ1) is 24.8. The fraction of sp³-hybridized carbons (Fsp3) is 0.932. The van der Waals surface area contributed by atoms with Gasteiger partial charge < -0.3 is 19.3 Å². The number of hydrogen-bond acceptors (Lipinski definition) is 6. The van der Waals surface area contributed by atoms with E-state index in [0.717, 1.165) is 77.3 Å². The Hall–Kier alpha value is -1.63. The summed E-state index contributed by atoms with van der Waals surface area (Å²) in [5.74, 6) is -0.344. The zero-order valence-corrected chi connectivity index (χ0v) is 35.1. The molecule has 51 heavy (non-hydrogen) atoms. The molecule has 1 amide bonds. The molecule has 302 valence electrons. The van der Waals surface area contributed by atoms with Gasteiger partial charge in [-0.3, -0.25) is 14.4 Å². The van der Waals surface area contributed by atoms with Crippen molar-refractivity contribution in [1.29, 1.82) is 0 Å². The molecule has 0 aliphatic carbocycles. The average Bonchev–Trinajstić information content (AvgIpc) is 3.12. The number of nitrogens with zero attached hydrogens (tertiary/aromatic N) is 2. The van der Waals surface area contributed by atoms with Gasteiger partial charge in [0.25, 0.3) is 0 Å². The SMILES string of the molecule is CCCCCCCCC(CCCCCC)C(=O)OCCN(CCOC(=O)C(CCCCCC)CCCCCCCC)C(=O)CC(C)N(CC)CC. The van der Waals surface area contributed by atoms with Crippen molar-refractivity contribution in [3.8, 4) is 0 Å². The van der Waals surface area contributed by atoms with Crippen molar-refractivity contribution in [3.63, 3.8) is 0 Å². The van der Waals surface area contributed by atoms with E-state index in [0.29, 0.717) is 19.5 Å². The third-order valence-corrected chi connectivity index (χ3v) is 10.8. The average molecular weight is 723 g/mol. The van der Waals surface area contributed by atoms with Crippen molar-refractivity contribution in [1.82, 2.24) is 9.80 Å². The van der Waals surface area contributed by atoms with Gasteiger partial charge in [0.15, 0.2) is 0 Å². The number of amides is 1. The standard InChI is InChI=1S/C44H86N2O5/c1-8-14-18-22-24-28-32-40(30-26-20-16-10-3)43(48)50-36-34-46(42(47)38-39(7)45(12-5)13-6)35-37-51-44(49)41(31-27-21-17-11-4)33-29-25-23-19-15-9-2/h39-41H,8-38H2,1-7H3. The number of carbonyl (C=O) groups is 3. The summed E-state index contributed by atoms with van der Waals surface area (Å²) >= 11 is 0. The lowest BCUT2D eigenvalue weighted by Crippen LogP contribution is -2.42. The molecule has 0 N–H and O–H groups in total. The lowest BCUT2D eigenvalue weighted by atomic mass is 9.94. The summed E-state index contributed by atoms with van der Waals surface area (Å²) in [6.45, 7) is 18.0. The van der Waals surface area contributed by atoms with Gasteiger partial charge in [-0.15, -0.1) is 0 Å². The molecule has 3 unspecified atom stereocenters. The number of unbranched alkanes of at least 4 members (excludes halogenated alkanes) is 16. The third kappa shape index (κ3) is 26.7. The summed E-state index contributed by atoms with van der Waals surface area (Å²) in [6, 6.07) is 0.106. The molecule has 7 nitrogen and oxygen atoms in total. The maximum absolute atomic E-state index is 13.6. The normalized spacial score (nSPS) is 13.3. The minimum Gasteiger partial charge on any atom is -0.464 e. The van der Waals surface area contributed by atoms with Gasteiger partial charge in [-0.25, -0.2) is 0 Å². The van der Waals surface area contributed by atoms with Crippen molar-refractivity contribution < 1.29 is 23.9 Å². The Bertz CT molecular complexity index is 767. The summed E-state index contributed by atoms with van der Waals surface area (Å²) in [5, 5.41) is 0. The summed E-state index contributed by atoms with van der Waals surface area (Å²) in [7, 11) is 0. The van der Waals surface area contributed by atoms with Crippen LogP contribution in [0, 0.1) is 11.8 Å². The van der Waals surface area contributed by atoms with Crippen LogP contribution in [0.5, 0.6) is 0 Å². The highest BCUT2D eigenvalue weighted by Gasteiger charge is 2.24. The molecule has 0 aromatic rings. The van der Waals surface area contributed by atoms with Crippen molar-refractivity contribution in [2.45, 2.75) is 215 Å². The van der Waals surface area contributed by atoms with Crippen LogP contribution in [-0.2, 0) is 23.9 Å². The fourth-order valence-corrected chi connectivity index (χ4v) is 7.20. The van der Waals surface area contributed by atoms with Crippen molar-refractivity contribution in [2.24, 2.45) is 11.8 Å². The van der Waals surface area contributed by atoms with E-state index < -0.39 is 0 Å². The maximum Gasteiger partial charge on any atom is 0.308 e. The van der Waals surface area contributed by atoms with E-state index >= 15 is 0 Å². The molecule has 0 aliphatic heterocycles. The van der Waals surface area contributed by atoms with Gasteiger partial charge in [0.2, 0.25) is 5.91 Å². The first-order valence-electron chi connectivity index (χ1n) is 22.1. The predicted molar refractivity (Wildman–Crippen MR) is 216 cm³/mol. The molecule has 0 heterocycles. The largest absolute Gasteiger partial charge is 0.464 e. The monoisotopic (exact) mass is 723 g/mol. The highest BCUT2D eigenvalue weighted by molar-refractivity contribution is 5.77. The molecule has 0 aliphatic rings. The molecule has 0 spiro atoms. The van der Waals surface area contributed by atoms with Gasteiger partial charge in [0.1, 0.15) is 13.2 Å². The molecule has 0 radical (unpaired) electrons. The van der Waals surface area contributed by atoms with Crippen LogP contribution in [0.1, 0.15) is 209 Å². The molecular formula is C44H86N2O5. The predicted octanol–water partition coefficient (Wildman–Crippen LogP) is 11.7. The van der Waals surface area contributed by atoms with Crippen LogP contribution in [0.4, 0.5) is 0 Å². The van der Waals surface area contributed by atoms with E-state index in [1.165, 1.54) is 89.9 Å². The second-order valence-corrected chi connectivity index (χ2v) is 15.2. The van der Waals surface area contributed by atoms with Crippen LogP contribution >= 0.6 is 0 Å². The summed E-state index contributed by atoms with van der Waals surface area (Å²) in [4.78, 5) is 44.3. The van der Waals surface area contributed by atoms with E-state index in [1.54, 1.807) is 4.90 Å². The molecule has 0 aromatic heterocycles. The van der Waals surface area contributed by atoms with Crippen molar-refractivity contribution in [2.75, 3.05) is 39.4 Å². The Labute approximate surface area is 317 Å². The first-order valence-corrected chi connectivity index (χ1v) is 22.1. The fourth-order valence-electron chi connectivity index (χ4n) is 7.20. The molecule has 7 heteroatoms. The topological polar surface area (TPSA) is 76.1 Å². The van der Waals surface area contributed by atoms with Crippen LogP contribution in [-0.4, -0.2) is 73.1 Å². The number of rotatable bonds is 37. The summed E-state index contributed by atoms with van der Waals surface area (Å²) in [5.41, 5.74) is 0. The molecule has 0 saturated heterocycles. The van der Waals surface area contributed by atoms with Crippen LogP contribution in [0.15, 0.2) is 0 Å². The van der Waals surface area contributed by atoms with E-state index in [1.807, 2.05) is 0 Å². The van der Waals surface area contributed by atoms with Crippen molar-refractivity contribution >= 4 is 17.8 Å². The molecule has 0 bridgehead atoms. The molecule has 0 aromatic carbocycles. The number of esters is 2.